The van der Waals surface area contributed by atoms with E-state index < -0.39 is 0 Å². The number of halogens is 3. The minimum Gasteiger partial charge on any atom is -0.496 e. The molecule has 1 unspecified atom stereocenters. The minimum atomic E-state index is -0.0351. The monoisotopic (exact) mass is 520 g/mol. The van der Waals surface area contributed by atoms with Crippen molar-refractivity contribution >= 4 is 46.6 Å². The molecular formula is C26H27Cl3N2O3. The second kappa shape index (κ2) is 10.2. The largest absolute Gasteiger partial charge is 0.496 e. The van der Waals surface area contributed by atoms with Gasteiger partial charge in [-0.3, -0.25) is 9.59 Å². The van der Waals surface area contributed by atoms with Crippen LogP contribution in [0.15, 0.2) is 43.0 Å². The van der Waals surface area contributed by atoms with Crippen molar-refractivity contribution in [2.45, 2.75) is 25.7 Å². The van der Waals surface area contributed by atoms with Crippen LogP contribution in [-0.4, -0.2) is 54.9 Å². The maximum atomic E-state index is 13.1. The Labute approximate surface area is 215 Å². The maximum Gasteiger partial charge on any atom is 0.245 e. The van der Waals surface area contributed by atoms with Gasteiger partial charge in [0.25, 0.3) is 0 Å². The molecule has 4 rings (SSSR count). The molecule has 0 N–H and O–H groups in total. The molecule has 0 aliphatic carbocycles. The fourth-order valence-electron chi connectivity index (χ4n) is 5.03. The van der Waals surface area contributed by atoms with Crippen molar-refractivity contribution in [2.75, 3.05) is 33.3 Å². The summed E-state index contributed by atoms with van der Waals surface area (Å²) < 4.78 is 5.54. The summed E-state index contributed by atoms with van der Waals surface area (Å²) in [6, 6.07) is 8.91. The lowest BCUT2D eigenvalue weighted by Crippen LogP contribution is -2.35. The van der Waals surface area contributed by atoms with Crippen LogP contribution in [-0.2, 0) is 16.0 Å². The van der Waals surface area contributed by atoms with E-state index in [9.17, 15) is 9.59 Å². The normalized spacial score (nSPS) is 19.6. The fraction of sp³-hybridized carbons (Fsp3) is 0.385. The number of hydrogen-bond donors (Lipinski definition) is 0. The Hall–Kier alpha value is -2.21. The molecule has 1 atom stereocenters. The van der Waals surface area contributed by atoms with Gasteiger partial charge in [0, 0.05) is 59.2 Å². The van der Waals surface area contributed by atoms with E-state index in [0.29, 0.717) is 46.7 Å². The second-order valence-electron chi connectivity index (χ2n) is 9.05. The van der Waals surface area contributed by atoms with Gasteiger partial charge in [0.15, 0.2) is 0 Å². The van der Waals surface area contributed by atoms with Crippen LogP contribution in [0.2, 0.25) is 15.1 Å². The molecule has 2 aliphatic heterocycles. The lowest BCUT2D eigenvalue weighted by molar-refractivity contribution is -0.130. The van der Waals surface area contributed by atoms with Crippen LogP contribution in [0.4, 0.5) is 0 Å². The highest BCUT2D eigenvalue weighted by Crippen LogP contribution is 2.41. The summed E-state index contributed by atoms with van der Waals surface area (Å²) in [6.45, 7) is 6.41. The Kier molecular flexibility index (Phi) is 7.46. The van der Waals surface area contributed by atoms with Gasteiger partial charge in [0.1, 0.15) is 5.75 Å². The summed E-state index contributed by atoms with van der Waals surface area (Å²) >= 11 is 19.1. The van der Waals surface area contributed by atoms with E-state index in [-0.39, 0.29) is 17.2 Å². The van der Waals surface area contributed by atoms with Crippen LogP contribution in [0.3, 0.4) is 0 Å². The number of carbonyl (C=O) groups is 2. The van der Waals surface area contributed by atoms with E-state index in [1.165, 1.54) is 6.08 Å². The number of nitrogens with zero attached hydrogens (tertiary/aromatic N) is 2. The second-order valence-corrected chi connectivity index (χ2v) is 10.3. The number of aryl methyl sites for hydroxylation is 1. The molecule has 5 nitrogen and oxygen atoms in total. The van der Waals surface area contributed by atoms with E-state index in [1.54, 1.807) is 31.4 Å². The minimum absolute atomic E-state index is 0.00277. The Morgan fingerprint density at radius 1 is 1.03 bits per heavy atom. The Morgan fingerprint density at radius 2 is 1.71 bits per heavy atom. The van der Waals surface area contributed by atoms with Gasteiger partial charge in [-0.15, -0.1) is 0 Å². The average Bonchev–Trinajstić information content (AvgIpc) is 3.45. The number of ether oxygens (including phenoxy) is 1. The van der Waals surface area contributed by atoms with Gasteiger partial charge in [0.2, 0.25) is 11.8 Å². The summed E-state index contributed by atoms with van der Waals surface area (Å²) in [5, 5.41) is 1.60. The van der Waals surface area contributed by atoms with Gasteiger partial charge >= 0.3 is 0 Å². The topological polar surface area (TPSA) is 49.9 Å². The summed E-state index contributed by atoms with van der Waals surface area (Å²) in [5.41, 5.74) is 2.36. The molecule has 180 valence electrons. The van der Waals surface area contributed by atoms with E-state index in [4.69, 9.17) is 39.5 Å². The Balaban J connectivity index is 1.46. The molecule has 2 amide bonds. The quantitative estimate of drug-likeness (QED) is 0.445. The summed E-state index contributed by atoms with van der Waals surface area (Å²) in [7, 11) is 1.59. The zero-order valence-corrected chi connectivity index (χ0v) is 21.3. The molecule has 0 saturated carbocycles. The molecule has 0 radical (unpaired) electrons. The summed E-state index contributed by atoms with van der Waals surface area (Å²) in [6.07, 6.45) is 4.06. The number of rotatable bonds is 6. The van der Waals surface area contributed by atoms with Gasteiger partial charge in [-0.2, -0.15) is 0 Å². The third kappa shape index (κ3) is 5.07. The van der Waals surface area contributed by atoms with Crippen LogP contribution in [0.25, 0.3) is 11.1 Å². The smallest absolute Gasteiger partial charge is 0.245 e. The van der Waals surface area contributed by atoms with Crippen molar-refractivity contribution in [1.29, 1.82) is 0 Å². The third-order valence-corrected chi connectivity index (χ3v) is 7.79. The standard InChI is InChI=1S/C26H27Cl3N2O3/c1-3-24(32)30-10-8-26(15-30)9-11-31(16-26)25(33)7-4-17-12-19(22(29)14-23(17)34-2)20-13-18(27)5-6-21(20)28/h3,5-6,12-14H,1,4,7-11,15-16H2,2H3. The van der Waals surface area contributed by atoms with Crippen molar-refractivity contribution < 1.29 is 14.3 Å². The zero-order chi connectivity index (χ0) is 24.5. The number of benzene rings is 2. The molecule has 2 heterocycles. The summed E-state index contributed by atoms with van der Waals surface area (Å²) in [5.74, 6) is 0.698. The van der Waals surface area contributed by atoms with Crippen molar-refractivity contribution in [2.24, 2.45) is 5.41 Å². The number of methoxy groups -OCH3 is 1. The van der Waals surface area contributed by atoms with Crippen LogP contribution in [0.5, 0.6) is 5.75 Å². The molecule has 2 saturated heterocycles. The molecule has 2 fully saturated rings. The molecule has 0 aromatic heterocycles. The van der Waals surface area contributed by atoms with E-state index in [0.717, 1.165) is 42.6 Å². The van der Waals surface area contributed by atoms with Crippen LogP contribution in [0.1, 0.15) is 24.8 Å². The molecule has 1 spiro atoms. The van der Waals surface area contributed by atoms with Crippen molar-refractivity contribution in [1.82, 2.24) is 9.80 Å². The first kappa shape index (κ1) is 24.9. The molecule has 2 aliphatic rings. The first-order chi connectivity index (χ1) is 16.2. The average molecular weight is 522 g/mol. The number of amides is 2. The van der Waals surface area contributed by atoms with Gasteiger partial charge in [-0.05, 0) is 61.2 Å². The number of carbonyl (C=O) groups excluding carboxylic acids is 2. The van der Waals surface area contributed by atoms with Crippen LogP contribution in [0, 0.1) is 5.41 Å². The highest BCUT2D eigenvalue weighted by Gasteiger charge is 2.45. The fourth-order valence-corrected chi connectivity index (χ4v) is 5.68. The molecule has 34 heavy (non-hydrogen) atoms. The number of likely N-dealkylation sites (tertiary alicyclic amines) is 2. The van der Waals surface area contributed by atoms with Crippen molar-refractivity contribution in [3.8, 4) is 16.9 Å². The van der Waals surface area contributed by atoms with Crippen molar-refractivity contribution in [3.63, 3.8) is 0 Å². The van der Waals surface area contributed by atoms with Gasteiger partial charge in [0.05, 0.1) is 12.1 Å². The zero-order valence-electron chi connectivity index (χ0n) is 19.1. The highest BCUT2D eigenvalue weighted by atomic mass is 35.5. The van der Waals surface area contributed by atoms with Crippen LogP contribution < -0.4 is 4.74 Å². The first-order valence-corrected chi connectivity index (χ1v) is 12.4. The SMILES string of the molecule is C=CC(=O)N1CCC2(CCN(C(=O)CCc3cc(-c4cc(Cl)ccc4Cl)c(Cl)cc3OC)C2)C1. The molecule has 2 aromatic rings. The molecule has 8 heteroatoms. The predicted octanol–water partition coefficient (Wildman–Crippen LogP) is 5.89. The van der Waals surface area contributed by atoms with Gasteiger partial charge in [-0.25, -0.2) is 0 Å². The third-order valence-electron chi connectivity index (χ3n) is 6.91. The predicted molar refractivity (Wildman–Crippen MR) is 137 cm³/mol. The van der Waals surface area contributed by atoms with E-state index in [2.05, 4.69) is 6.58 Å². The lowest BCUT2D eigenvalue weighted by Gasteiger charge is -2.24. The highest BCUT2D eigenvalue weighted by molar-refractivity contribution is 6.37. The maximum absolute atomic E-state index is 13.1. The molecule has 0 bridgehead atoms. The van der Waals surface area contributed by atoms with Gasteiger partial charge < -0.3 is 14.5 Å². The Morgan fingerprint density at radius 3 is 2.41 bits per heavy atom. The van der Waals surface area contributed by atoms with Gasteiger partial charge in [-0.1, -0.05) is 41.4 Å². The molecule has 2 aromatic carbocycles. The van der Waals surface area contributed by atoms with Crippen LogP contribution >= 0.6 is 34.8 Å². The number of hydrogen-bond acceptors (Lipinski definition) is 3. The van der Waals surface area contributed by atoms with Crippen molar-refractivity contribution in [3.05, 3.63) is 63.6 Å². The van der Waals surface area contributed by atoms with E-state index >= 15 is 0 Å². The first-order valence-electron chi connectivity index (χ1n) is 11.3. The Bertz CT molecular complexity index is 1140. The summed E-state index contributed by atoms with van der Waals surface area (Å²) in [4.78, 5) is 28.8. The lowest BCUT2D eigenvalue weighted by atomic mass is 9.86. The van der Waals surface area contributed by atoms with E-state index in [1.807, 2.05) is 15.9 Å². The molecular weight excluding hydrogens is 495 g/mol.